The predicted octanol–water partition coefficient (Wildman–Crippen LogP) is 0.774. The molecule has 3 amide bonds. The zero-order valence-corrected chi connectivity index (χ0v) is 14.9. The Balaban J connectivity index is 2.36. The van der Waals surface area contributed by atoms with Crippen molar-refractivity contribution in [3.63, 3.8) is 0 Å². The van der Waals surface area contributed by atoms with Gasteiger partial charge in [0.15, 0.2) is 6.61 Å². The van der Waals surface area contributed by atoms with E-state index in [0.29, 0.717) is 12.2 Å². The first-order chi connectivity index (χ1) is 12.3. The molecular weight excluding hydrogens is 366 g/mol. The van der Waals surface area contributed by atoms with Gasteiger partial charge in [-0.05, 0) is 18.2 Å². The quantitative estimate of drug-likeness (QED) is 0.440. The Kier molecular flexibility index (Phi) is 8.93. The Morgan fingerprint density at radius 3 is 2.35 bits per heavy atom. The minimum absolute atomic E-state index is 0.000552. The average Bonchev–Trinajstić information content (AvgIpc) is 2.56. The van der Waals surface area contributed by atoms with E-state index in [2.05, 4.69) is 16.0 Å². The summed E-state index contributed by atoms with van der Waals surface area (Å²) >= 11 is 5.95. The second kappa shape index (κ2) is 10.9. The summed E-state index contributed by atoms with van der Waals surface area (Å²) in [5, 5.41) is 16.4. The number of halogens is 1. The smallest absolute Gasteiger partial charge is 0.341 e. The number of carbonyl (C=O) groups is 4. The van der Waals surface area contributed by atoms with Crippen LogP contribution in [0.2, 0.25) is 5.02 Å². The van der Waals surface area contributed by atoms with E-state index < -0.39 is 12.6 Å². The zero-order valence-electron chi connectivity index (χ0n) is 14.1. The van der Waals surface area contributed by atoms with Gasteiger partial charge in [-0.1, -0.05) is 11.6 Å². The van der Waals surface area contributed by atoms with Gasteiger partial charge in [-0.15, -0.1) is 0 Å². The van der Waals surface area contributed by atoms with Crippen molar-refractivity contribution in [1.82, 2.24) is 10.6 Å². The Morgan fingerprint density at radius 2 is 1.73 bits per heavy atom. The van der Waals surface area contributed by atoms with Gasteiger partial charge in [0, 0.05) is 38.5 Å². The number of aliphatic carboxylic acids is 1. The third kappa shape index (κ3) is 8.88. The van der Waals surface area contributed by atoms with Crippen LogP contribution >= 0.6 is 11.6 Å². The normalized spacial score (nSPS) is 9.92. The molecule has 4 N–H and O–H groups in total. The summed E-state index contributed by atoms with van der Waals surface area (Å²) in [5.74, 6) is -1.81. The summed E-state index contributed by atoms with van der Waals surface area (Å²) < 4.78 is 4.98. The highest BCUT2D eigenvalue weighted by atomic mass is 35.5. The number of carboxylic acids is 1. The minimum atomic E-state index is -1.13. The van der Waals surface area contributed by atoms with Crippen LogP contribution in [0.4, 0.5) is 5.69 Å². The van der Waals surface area contributed by atoms with Gasteiger partial charge in [0.2, 0.25) is 17.7 Å². The van der Waals surface area contributed by atoms with Gasteiger partial charge in [-0.3, -0.25) is 14.4 Å². The highest BCUT2D eigenvalue weighted by Gasteiger charge is 2.10. The van der Waals surface area contributed by atoms with Crippen molar-refractivity contribution < 1.29 is 29.0 Å². The van der Waals surface area contributed by atoms with E-state index in [1.54, 1.807) is 0 Å². The molecule has 1 aromatic carbocycles. The molecule has 0 aromatic heterocycles. The van der Waals surface area contributed by atoms with Crippen molar-refractivity contribution in [2.45, 2.75) is 19.8 Å². The SMILES string of the molecule is CC(=O)NCCNC(=O)CCC(=O)Nc1ccc(OCC(=O)O)c(Cl)c1. The van der Waals surface area contributed by atoms with E-state index >= 15 is 0 Å². The molecule has 1 aromatic rings. The number of rotatable bonds is 10. The lowest BCUT2D eigenvalue weighted by Crippen LogP contribution is -2.33. The predicted molar refractivity (Wildman–Crippen MR) is 94.1 cm³/mol. The van der Waals surface area contributed by atoms with Crippen LogP contribution in [0.3, 0.4) is 0 Å². The summed E-state index contributed by atoms with van der Waals surface area (Å²) in [6.07, 6.45) is -0.0275. The molecule has 142 valence electrons. The Bertz CT molecular complexity index is 680. The minimum Gasteiger partial charge on any atom is -0.480 e. The van der Waals surface area contributed by atoms with Crippen molar-refractivity contribution >= 4 is 41.0 Å². The number of amides is 3. The van der Waals surface area contributed by atoms with Gasteiger partial charge in [0.05, 0.1) is 5.02 Å². The van der Waals surface area contributed by atoms with Gasteiger partial charge in [0.1, 0.15) is 5.75 Å². The summed E-state index contributed by atoms with van der Waals surface area (Å²) in [6.45, 7) is 1.46. The van der Waals surface area contributed by atoms with Crippen molar-refractivity contribution in [2.24, 2.45) is 0 Å². The Hall–Kier alpha value is -2.81. The van der Waals surface area contributed by atoms with Gasteiger partial charge >= 0.3 is 5.97 Å². The maximum Gasteiger partial charge on any atom is 0.341 e. The molecule has 10 heteroatoms. The fraction of sp³-hybridized carbons (Fsp3) is 0.375. The van der Waals surface area contributed by atoms with Crippen LogP contribution in [0.5, 0.6) is 5.75 Å². The molecule has 0 aliphatic heterocycles. The number of hydrogen-bond acceptors (Lipinski definition) is 5. The number of carboxylic acid groups (broad SMARTS) is 1. The lowest BCUT2D eigenvalue weighted by atomic mass is 10.2. The molecule has 0 spiro atoms. The molecule has 0 saturated heterocycles. The number of anilines is 1. The number of ether oxygens (including phenoxy) is 1. The van der Waals surface area contributed by atoms with E-state index in [1.807, 2.05) is 0 Å². The molecular formula is C16H20ClN3O6. The number of benzene rings is 1. The molecule has 0 bridgehead atoms. The van der Waals surface area contributed by atoms with E-state index in [1.165, 1.54) is 25.1 Å². The molecule has 0 radical (unpaired) electrons. The molecule has 26 heavy (non-hydrogen) atoms. The first-order valence-electron chi connectivity index (χ1n) is 7.73. The second-order valence-corrected chi connectivity index (χ2v) is 5.62. The summed E-state index contributed by atoms with van der Waals surface area (Å²) in [4.78, 5) is 44.6. The topological polar surface area (TPSA) is 134 Å². The van der Waals surface area contributed by atoms with Gasteiger partial charge in [-0.25, -0.2) is 4.79 Å². The van der Waals surface area contributed by atoms with Crippen LogP contribution in [0.15, 0.2) is 18.2 Å². The van der Waals surface area contributed by atoms with Crippen LogP contribution in [0.1, 0.15) is 19.8 Å². The molecule has 0 atom stereocenters. The van der Waals surface area contributed by atoms with Crippen molar-refractivity contribution in [3.05, 3.63) is 23.2 Å². The molecule has 0 aliphatic carbocycles. The van der Waals surface area contributed by atoms with Crippen molar-refractivity contribution in [3.8, 4) is 5.75 Å². The Labute approximate surface area is 155 Å². The summed E-state index contributed by atoms with van der Waals surface area (Å²) in [7, 11) is 0. The highest BCUT2D eigenvalue weighted by Crippen LogP contribution is 2.27. The van der Waals surface area contributed by atoms with Crippen molar-refractivity contribution in [1.29, 1.82) is 0 Å². The van der Waals surface area contributed by atoms with E-state index in [9.17, 15) is 19.2 Å². The Morgan fingerprint density at radius 1 is 1.08 bits per heavy atom. The zero-order chi connectivity index (χ0) is 19.5. The van der Waals surface area contributed by atoms with Crippen molar-refractivity contribution in [2.75, 3.05) is 25.0 Å². The first-order valence-corrected chi connectivity index (χ1v) is 8.11. The summed E-state index contributed by atoms with van der Waals surface area (Å²) in [6, 6.07) is 4.37. The van der Waals surface area contributed by atoms with Gasteiger partial charge < -0.3 is 25.8 Å². The number of hydrogen-bond donors (Lipinski definition) is 4. The number of nitrogens with one attached hydrogen (secondary N) is 3. The molecule has 0 unspecified atom stereocenters. The van der Waals surface area contributed by atoms with Crippen LogP contribution < -0.4 is 20.7 Å². The van der Waals surface area contributed by atoms with Crippen LogP contribution in [0, 0.1) is 0 Å². The highest BCUT2D eigenvalue weighted by molar-refractivity contribution is 6.32. The lowest BCUT2D eigenvalue weighted by molar-refractivity contribution is -0.139. The standard InChI is InChI=1S/C16H20ClN3O6/c1-10(21)18-6-7-19-14(22)4-5-15(23)20-11-2-3-13(12(17)8-11)26-9-16(24)25/h2-3,8H,4-7,9H2,1H3,(H,18,21)(H,19,22)(H,20,23)(H,24,25). The van der Waals surface area contributed by atoms with E-state index in [4.69, 9.17) is 21.4 Å². The maximum atomic E-state index is 11.8. The lowest BCUT2D eigenvalue weighted by Gasteiger charge is -2.09. The number of carbonyl (C=O) groups excluding carboxylic acids is 3. The molecule has 1 rings (SSSR count). The van der Waals surface area contributed by atoms with Gasteiger partial charge in [0.25, 0.3) is 0 Å². The fourth-order valence-corrected chi connectivity index (χ4v) is 2.05. The molecule has 0 heterocycles. The third-order valence-corrected chi connectivity index (χ3v) is 3.26. The second-order valence-electron chi connectivity index (χ2n) is 5.21. The average molecular weight is 386 g/mol. The summed E-state index contributed by atoms with van der Waals surface area (Å²) in [5.41, 5.74) is 0.397. The molecule has 9 nitrogen and oxygen atoms in total. The third-order valence-electron chi connectivity index (χ3n) is 2.97. The largest absolute Gasteiger partial charge is 0.480 e. The molecule has 0 saturated carbocycles. The molecule has 0 aliphatic rings. The fourth-order valence-electron chi connectivity index (χ4n) is 1.81. The van der Waals surface area contributed by atoms with E-state index in [-0.39, 0.29) is 47.9 Å². The maximum absolute atomic E-state index is 11.8. The van der Waals surface area contributed by atoms with Crippen LogP contribution in [0.25, 0.3) is 0 Å². The van der Waals surface area contributed by atoms with E-state index in [0.717, 1.165) is 0 Å². The van der Waals surface area contributed by atoms with Crippen LogP contribution in [-0.2, 0) is 19.2 Å². The van der Waals surface area contributed by atoms with Gasteiger partial charge in [-0.2, -0.15) is 0 Å². The molecule has 0 fully saturated rings. The first kappa shape index (κ1) is 21.2. The van der Waals surface area contributed by atoms with Crippen LogP contribution in [-0.4, -0.2) is 48.5 Å². The monoisotopic (exact) mass is 385 g/mol.